The Morgan fingerprint density at radius 1 is 0.900 bits per heavy atom. The number of aryl methyl sites for hydroxylation is 1. The maximum atomic E-state index is 12.4. The Balaban J connectivity index is 1.35. The molecule has 0 atom stereocenters. The van der Waals surface area contributed by atoms with Gasteiger partial charge in [0.1, 0.15) is 0 Å². The molecule has 158 valence electrons. The largest absolute Gasteiger partial charge is 0.343 e. The molecule has 2 aromatic rings. The third kappa shape index (κ3) is 6.59. The number of amides is 3. The molecule has 1 fully saturated rings. The highest BCUT2D eigenvalue weighted by Gasteiger charge is 2.27. The molecule has 6 nitrogen and oxygen atoms in total. The van der Waals surface area contributed by atoms with E-state index in [4.69, 9.17) is 11.6 Å². The van der Waals surface area contributed by atoms with Crippen LogP contribution in [0.4, 0.5) is 0 Å². The summed E-state index contributed by atoms with van der Waals surface area (Å²) in [5, 5.41) is 0.609. The fourth-order valence-electron chi connectivity index (χ4n) is 3.51. The van der Waals surface area contributed by atoms with Gasteiger partial charge in [-0.05, 0) is 42.5 Å². The van der Waals surface area contributed by atoms with Crippen LogP contribution in [0.1, 0.15) is 30.4 Å². The predicted molar refractivity (Wildman–Crippen MR) is 116 cm³/mol. The number of nitrogens with zero attached hydrogens (tertiary/aromatic N) is 1. The molecule has 2 aromatic carbocycles. The van der Waals surface area contributed by atoms with Gasteiger partial charge in [0.2, 0.25) is 17.7 Å². The van der Waals surface area contributed by atoms with E-state index in [1.165, 1.54) is 0 Å². The Hall–Kier alpha value is -2.86. The molecule has 3 amide bonds. The second-order valence-electron chi connectivity index (χ2n) is 7.48. The van der Waals surface area contributed by atoms with Gasteiger partial charge in [-0.1, -0.05) is 54.1 Å². The quantitative estimate of drug-likeness (QED) is 0.696. The number of halogens is 1. The standard InChI is InChI=1S/C23H26ClN3O3/c24-20-9-6-18(7-10-20)16-21(28)25-26-23(30)19-12-14-27(15-13-19)22(29)11-8-17-4-2-1-3-5-17/h1-7,9-10,19H,8,11-16H2,(H,25,28)(H,26,30). The summed E-state index contributed by atoms with van der Waals surface area (Å²) < 4.78 is 0. The molecule has 30 heavy (non-hydrogen) atoms. The van der Waals surface area contributed by atoms with Crippen LogP contribution in [-0.2, 0) is 27.2 Å². The van der Waals surface area contributed by atoms with E-state index in [0.29, 0.717) is 37.4 Å². The Labute approximate surface area is 181 Å². The van der Waals surface area contributed by atoms with E-state index >= 15 is 0 Å². The summed E-state index contributed by atoms with van der Waals surface area (Å²) >= 11 is 5.83. The van der Waals surface area contributed by atoms with Crippen LogP contribution in [0.15, 0.2) is 54.6 Å². The second-order valence-corrected chi connectivity index (χ2v) is 7.92. The summed E-state index contributed by atoms with van der Waals surface area (Å²) in [6.07, 6.45) is 2.54. The molecule has 0 aromatic heterocycles. The Morgan fingerprint density at radius 3 is 2.23 bits per heavy atom. The van der Waals surface area contributed by atoms with Crippen LogP contribution in [0, 0.1) is 5.92 Å². The lowest BCUT2D eigenvalue weighted by Crippen LogP contribution is -2.48. The van der Waals surface area contributed by atoms with Crippen molar-refractivity contribution >= 4 is 29.3 Å². The first-order valence-electron chi connectivity index (χ1n) is 10.2. The minimum Gasteiger partial charge on any atom is -0.343 e. The molecule has 3 rings (SSSR count). The van der Waals surface area contributed by atoms with E-state index in [1.54, 1.807) is 24.3 Å². The number of carbonyl (C=O) groups excluding carboxylic acids is 3. The highest BCUT2D eigenvalue weighted by molar-refractivity contribution is 6.30. The number of piperidine rings is 1. The van der Waals surface area contributed by atoms with Gasteiger partial charge in [-0.25, -0.2) is 0 Å². The van der Waals surface area contributed by atoms with Crippen LogP contribution in [0.3, 0.4) is 0 Å². The summed E-state index contributed by atoms with van der Waals surface area (Å²) in [5.74, 6) is -0.594. The average Bonchev–Trinajstić information content (AvgIpc) is 2.78. The lowest BCUT2D eigenvalue weighted by atomic mass is 9.95. The molecule has 0 saturated carbocycles. The van der Waals surface area contributed by atoms with Crippen LogP contribution in [0.2, 0.25) is 5.02 Å². The minimum atomic E-state index is -0.292. The van der Waals surface area contributed by atoms with Crippen LogP contribution >= 0.6 is 11.6 Å². The third-order valence-electron chi connectivity index (χ3n) is 5.29. The van der Waals surface area contributed by atoms with Crippen LogP contribution in [-0.4, -0.2) is 35.7 Å². The molecule has 1 aliphatic heterocycles. The zero-order chi connectivity index (χ0) is 21.3. The Bertz CT molecular complexity index is 863. The third-order valence-corrected chi connectivity index (χ3v) is 5.54. The molecule has 1 saturated heterocycles. The van der Waals surface area contributed by atoms with Crippen molar-refractivity contribution in [2.45, 2.75) is 32.1 Å². The minimum absolute atomic E-state index is 0.119. The lowest BCUT2D eigenvalue weighted by molar-refractivity contribution is -0.136. The van der Waals surface area contributed by atoms with E-state index in [0.717, 1.165) is 17.5 Å². The number of likely N-dealkylation sites (tertiary alicyclic amines) is 1. The van der Waals surface area contributed by atoms with Crippen molar-refractivity contribution in [3.8, 4) is 0 Å². The van der Waals surface area contributed by atoms with Crippen molar-refractivity contribution in [2.24, 2.45) is 5.92 Å². The van der Waals surface area contributed by atoms with Gasteiger partial charge in [-0.3, -0.25) is 25.2 Å². The lowest BCUT2D eigenvalue weighted by Gasteiger charge is -2.31. The van der Waals surface area contributed by atoms with Gasteiger partial charge in [-0.2, -0.15) is 0 Å². The highest BCUT2D eigenvalue weighted by atomic mass is 35.5. The highest BCUT2D eigenvalue weighted by Crippen LogP contribution is 2.18. The molecule has 2 N–H and O–H groups in total. The maximum Gasteiger partial charge on any atom is 0.242 e. The number of benzene rings is 2. The molecule has 0 unspecified atom stereocenters. The van der Waals surface area contributed by atoms with Gasteiger partial charge < -0.3 is 4.90 Å². The molecule has 0 radical (unpaired) electrons. The SMILES string of the molecule is O=C(Cc1ccc(Cl)cc1)NNC(=O)C1CCN(C(=O)CCc2ccccc2)CC1. The number of hydrogen-bond acceptors (Lipinski definition) is 3. The van der Waals surface area contributed by atoms with Crippen LogP contribution in [0.5, 0.6) is 0 Å². The smallest absolute Gasteiger partial charge is 0.242 e. The predicted octanol–water partition coefficient (Wildman–Crippen LogP) is 2.90. The molecule has 1 heterocycles. The first-order chi connectivity index (χ1) is 14.5. The molecule has 7 heteroatoms. The monoisotopic (exact) mass is 427 g/mol. The first-order valence-corrected chi connectivity index (χ1v) is 10.5. The Morgan fingerprint density at radius 2 is 1.57 bits per heavy atom. The summed E-state index contributed by atoms with van der Waals surface area (Å²) in [6.45, 7) is 1.12. The van der Waals surface area contributed by atoms with Gasteiger partial charge in [-0.15, -0.1) is 0 Å². The van der Waals surface area contributed by atoms with Crippen molar-refractivity contribution in [1.29, 1.82) is 0 Å². The van der Waals surface area contributed by atoms with Crippen molar-refractivity contribution in [3.63, 3.8) is 0 Å². The molecule has 0 bridgehead atoms. The van der Waals surface area contributed by atoms with E-state index in [9.17, 15) is 14.4 Å². The Kier molecular flexibility index (Phi) is 7.85. The van der Waals surface area contributed by atoms with E-state index < -0.39 is 0 Å². The fraction of sp³-hybridized carbons (Fsp3) is 0.348. The number of hydrazine groups is 1. The van der Waals surface area contributed by atoms with Crippen molar-refractivity contribution in [2.75, 3.05) is 13.1 Å². The van der Waals surface area contributed by atoms with E-state index in [-0.39, 0.29) is 30.1 Å². The average molecular weight is 428 g/mol. The van der Waals surface area contributed by atoms with Crippen LogP contribution in [0.25, 0.3) is 0 Å². The topological polar surface area (TPSA) is 78.5 Å². The summed E-state index contributed by atoms with van der Waals surface area (Å²) in [5.41, 5.74) is 6.93. The van der Waals surface area contributed by atoms with Crippen LogP contribution < -0.4 is 10.9 Å². The zero-order valence-corrected chi connectivity index (χ0v) is 17.5. The number of rotatable bonds is 6. The number of carbonyl (C=O) groups is 3. The summed E-state index contributed by atoms with van der Waals surface area (Å²) in [6, 6.07) is 16.9. The van der Waals surface area contributed by atoms with E-state index in [1.807, 2.05) is 35.2 Å². The first kappa shape index (κ1) is 21.8. The maximum absolute atomic E-state index is 12.4. The molecule has 1 aliphatic rings. The van der Waals surface area contributed by atoms with Gasteiger partial charge >= 0.3 is 0 Å². The molecular formula is C23H26ClN3O3. The second kappa shape index (κ2) is 10.8. The summed E-state index contributed by atoms with van der Waals surface area (Å²) in [7, 11) is 0. The molecule has 0 spiro atoms. The zero-order valence-electron chi connectivity index (χ0n) is 16.8. The normalized spacial score (nSPS) is 14.2. The molecule has 0 aliphatic carbocycles. The van der Waals surface area contributed by atoms with Crippen molar-refractivity contribution in [1.82, 2.24) is 15.8 Å². The van der Waals surface area contributed by atoms with Crippen molar-refractivity contribution < 1.29 is 14.4 Å². The number of nitrogens with one attached hydrogen (secondary N) is 2. The number of hydrogen-bond donors (Lipinski definition) is 2. The summed E-state index contributed by atoms with van der Waals surface area (Å²) in [4.78, 5) is 38.6. The fourth-order valence-corrected chi connectivity index (χ4v) is 3.64. The van der Waals surface area contributed by atoms with Gasteiger partial charge in [0.15, 0.2) is 0 Å². The van der Waals surface area contributed by atoms with Crippen molar-refractivity contribution in [3.05, 3.63) is 70.7 Å². The van der Waals surface area contributed by atoms with Gasteiger partial charge in [0.05, 0.1) is 6.42 Å². The van der Waals surface area contributed by atoms with Gasteiger partial charge in [0, 0.05) is 30.5 Å². The van der Waals surface area contributed by atoms with Gasteiger partial charge in [0.25, 0.3) is 0 Å². The van der Waals surface area contributed by atoms with E-state index in [2.05, 4.69) is 10.9 Å². The molecular weight excluding hydrogens is 402 g/mol.